The first-order valence-corrected chi connectivity index (χ1v) is 7.72. The summed E-state index contributed by atoms with van der Waals surface area (Å²) in [6, 6.07) is 18.3. The van der Waals surface area contributed by atoms with Crippen LogP contribution in [-0.2, 0) is 11.3 Å². The molecule has 0 unspecified atom stereocenters. The fourth-order valence-electron chi connectivity index (χ4n) is 2.95. The van der Waals surface area contributed by atoms with E-state index in [2.05, 4.69) is 28.5 Å². The molecule has 1 aromatic heterocycles. The van der Waals surface area contributed by atoms with Crippen molar-refractivity contribution < 1.29 is 4.79 Å². The Labute approximate surface area is 134 Å². The Hall–Kier alpha value is -2.94. The number of para-hydroxylation sites is 1. The number of anilines is 1. The number of carbonyl (C=O) groups is 1. The lowest BCUT2D eigenvalue weighted by Crippen LogP contribution is -2.35. The van der Waals surface area contributed by atoms with Crippen molar-refractivity contribution in [2.24, 2.45) is 0 Å². The third-order valence-corrected chi connectivity index (χ3v) is 4.08. The van der Waals surface area contributed by atoms with E-state index < -0.39 is 0 Å². The number of nitrogens with zero attached hydrogens (tertiary/aromatic N) is 1. The highest BCUT2D eigenvalue weighted by Gasteiger charge is 2.10. The second-order valence-corrected chi connectivity index (χ2v) is 5.66. The standard InChI is InChI=1S/C20H16N2O/c23-15-10-11-17-19(12-15)22-18-9-5-4-8-16(18)20(17)21-13-14-6-2-1-3-7-14/h1-9,11-12,21H,10,13H2. The molecule has 1 N–H and O–H groups in total. The quantitative estimate of drug-likeness (QED) is 0.807. The fourth-order valence-corrected chi connectivity index (χ4v) is 2.95. The maximum absolute atomic E-state index is 11.7. The SMILES string of the molecule is O=C1C=c2nc3ccccc3c(NCc3ccccc3)c2=CC1. The van der Waals surface area contributed by atoms with E-state index in [1.807, 2.05) is 42.5 Å². The summed E-state index contributed by atoms with van der Waals surface area (Å²) in [6.07, 6.45) is 4.06. The minimum absolute atomic E-state index is 0.106. The molecule has 2 aromatic carbocycles. The molecule has 3 aromatic rings. The summed E-state index contributed by atoms with van der Waals surface area (Å²) < 4.78 is 0. The number of Topliss-reactive ketones (excluding diaryl/α,β-unsaturated/α-hetero) is 1. The van der Waals surface area contributed by atoms with Gasteiger partial charge in [-0.2, -0.15) is 0 Å². The molecule has 1 heterocycles. The molecule has 112 valence electrons. The summed E-state index contributed by atoms with van der Waals surface area (Å²) in [4.78, 5) is 16.3. The maximum Gasteiger partial charge on any atom is 0.161 e. The molecule has 3 heteroatoms. The molecule has 1 aliphatic carbocycles. The van der Waals surface area contributed by atoms with Crippen molar-refractivity contribution in [3.8, 4) is 0 Å². The molecule has 0 aliphatic heterocycles. The highest BCUT2D eigenvalue weighted by Crippen LogP contribution is 2.18. The predicted octanol–water partition coefficient (Wildman–Crippen LogP) is 2.38. The number of carbonyl (C=O) groups excluding carboxylic acids is 1. The number of hydrogen-bond acceptors (Lipinski definition) is 3. The molecule has 0 saturated carbocycles. The van der Waals surface area contributed by atoms with Crippen LogP contribution in [0.15, 0.2) is 54.6 Å². The van der Waals surface area contributed by atoms with Crippen LogP contribution in [-0.4, -0.2) is 10.8 Å². The van der Waals surface area contributed by atoms with Gasteiger partial charge in [0.25, 0.3) is 0 Å². The first kappa shape index (κ1) is 13.7. The van der Waals surface area contributed by atoms with Crippen molar-refractivity contribution >= 4 is 34.5 Å². The topological polar surface area (TPSA) is 42.0 Å². The van der Waals surface area contributed by atoms with Gasteiger partial charge in [0.1, 0.15) is 0 Å². The van der Waals surface area contributed by atoms with Gasteiger partial charge >= 0.3 is 0 Å². The number of nitrogens with one attached hydrogen (secondary N) is 1. The molecular weight excluding hydrogens is 284 g/mol. The van der Waals surface area contributed by atoms with Gasteiger partial charge in [-0.1, -0.05) is 54.6 Å². The largest absolute Gasteiger partial charge is 0.380 e. The smallest absolute Gasteiger partial charge is 0.161 e. The molecule has 3 nitrogen and oxygen atoms in total. The van der Waals surface area contributed by atoms with E-state index in [0.29, 0.717) is 6.42 Å². The Morgan fingerprint density at radius 2 is 1.78 bits per heavy atom. The lowest BCUT2D eigenvalue weighted by Gasteiger charge is -2.13. The van der Waals surface area contributed by atoms with Gasteiger partial charge in [0.2, 0.25) is 0 Å². The van der Waals surface area contributed by atoms with Crippen LogP contribution in [0.5, 0.6) is 0 Å². The number of fused-ring (bicyclic) bond motifs is 2. The summed E-state index contributed by atoms with van der Waals surface area (Å²) in [5, 5.41) is 6.42. The van der Waals surface area contributed by atoms with Crippen LogP contribution in [0, 0.1) is 0 Å². The first-order chi connectivity index (χ1) is 11.3. The fraction of sp³-hybridized carbons (Fsp3) is 0.100. The molecular formula is C20H16N2O. The third kappa shape index (κ3) is 2.61. The van der Waals surface area contributed by atoms with E-state index in [1.54, 1.807) is 6.08 Å². The first-order valence-electron chi connectivity index (χ1n) is 7.72. The summed E-state index contributed by atoms with van der Waals surface area (Å²) >= 11 is 0. The van der Waals surface area contributed by atoms with Crippen molar-refractivity contribution in [3.63, 3.8) is 0 Å². The van der Waals surface area contributed by atoms with Crippen LogP contribution < -0.4 is 15.9 Å². The molecule has 23 heavy (non-hydrogen) atoms. The van der Waals surface area contributed by atoms with E-state index in [0.717, 1.165) is 33.7 Å². The van der Waals surface area contributed by atoms with Gasteiger partial charge in [-0.15, -0.1) is 0 Å². The Bertz CT molecular complexity index is 1010. The summed E-state index contributed by atoms with van der Waals surface area (Å²) in [7, 11) is 0. The zero-order chi connectivity index (χ0) is 15.6. The summed E-state index contributed by atoms with van der Waals surface area (Å²) in [5.74, 6) is 0.106. The molecule has 0 radical (unpaired) electrons. The zero-order valence-corrected chi connectivity index (χ0v) is 12.6. The van der Waals surface area contributed by atoms with Gasteiger partial charge in [-0.05, 0) is 11.6 Å². The van der Waals surface area contributed by atoms with Crippen LogP contribution in [0.4, 0.5) is 5.69 Å². The molecule has 0 fully saturated rings. The number of hydrogen-bond donors (Lipinski definition) is 1. The summed E-state index contributed by atoms with van der Waals surface area (Å²) in [6.45, 7) is 0.739. The van der Waals surface area contributed by atoms with Gasteiger partial charge in [0, 0.05) is 29.6 Å². The molecule has 0 saturated heterocycles. The molecule has 0 amide bonds. The van der Waals surface area contributed by atoms with Gasteiger partial charge in [0.15, 0.2) is 5.78 Å². The number of ketones is 1. The van der Waals surface area contributed by atoms with Crippen LogP contribution in [0.25, 0.3) is 23.1 Å². The Balaban J connectivity index is 1.87. The van der Waals surface area contributed by atoms with Gasteiger partial charge in [-0.25, -0.2) is 4.98 Å². The van der Waals surface area contributed by atoms with Crippen molar-refractivity contribution in [2.75, 3.05) is 5.32 Å². The minimum atomic E-state index is 0.106. The lowest BCUT2D eigenvalue weighted by molar-refractivity contribution is -0.112. The molecule has 4 rings (SSSR count). The summed E-state index contributed by atoms with van der Waals surface area (Å²) in [5.41, 5.74) is 3.18. The number of benzene rings is 2. The number of aromatic nitrogens is 1. The monoisotopic (exact) mass is 300 g/mol. The van der Waals surface area contributed by atoms with Crippen molar-refractivity contribution in [2.45, 2.75) is 13.0 Å². The predicted molar refractivity (Wildman–Crippen MR) is 93.3 cm³/mol. The van der Waals surface area contributed by atoms with Gasteiger partial charge in [0.05, 0.1) is 16.6 Å². The second kappa shape index (κ2) is 5.69. The van der Waals surface area contributed by atoms with E-state index in [4.69, 9.17) is 0 Å². The van der Waals surface area contributed by atoms with E-state index in [1.165, 1.54) is 5.56 Å². The Kier molecular flexibility index (Phi) is 3.39. The molecule has 1 aliphatic rings. The highest BCUT2D eigenvalue weighted by molar-refractivity contribution is 6.09. The van der Waals surface area contributed by atoms with Crippen LogP contribution in [0.3, 0.4) is 0 Å². The van der Waals surface area contributed by atoms with E-state index in [-0.39, 0.29) is 5.78 Å². The third-order valence-electron chi connectivity index (χ3n) is 4.08. The molecule has 0 atom stereocenters. The van der Waals surface area contributed by atoms with Crippen LogP contribution in [0.1, 0.15) is 12.0 Å². The van der Waals surface area contributed by atoms with E-state index in [9.17, 15) is 4.79 Å². The van der Waals surface area contributed by atoms with Crippen molar-refractivity contribution in [1.82, 2.24) is 4.98 Å². The second-order valence-electron chi connectivity index (χ2n) is 5.66. The minimum Gasteiger partial charge on any atom is -0.380 e. The van der Waals surface area contributed by atoms with Crippen LogP contribution in [0.2, 0.25) is 0 Å². The van der Waals surface area contributed by atoms with Gasteiger partial charge < -0.3 is 5.32 Å². The van der Waals surface area contributed by atoms with Crippen molar-refractivity contribution in [1.29, 1.82) is 0 Å². The molecule has 0 spiro atoms. The Morgan fingerprint density at radius 1 is 1.00 bits per heavy atom. The molecule has 0 bridgehead atoms. The average Bonchev–Trinajstić information content (AvgIpc) is 2.59. The normalized spacial score (nSPS) is 13.1. The Morgan fingerprint density at radius 3 is 2.65 bits per heavy atom. The average molecular weight is 300 g/mol. The maximum atomic E-state index is 11.7. The van der Waals surface area contributed by atoms with Gasteiger partial charge in [-0.3, -0.25) is 4.79 Å². The van der Waals surface area contributed by atoms with Crippen molar-refractivity contribution in [3.05, 3.63) is 70.7 Å². The lowest BCUT2D eigenvalue weighted by atomic mass is 10.1. The van der Waals surface area contributed by atoms with Crippen LogP contribution >= 0.6 is 0 Å². The number of rotatable bonds is 3. The highest BCUT2D eigenvalue weighted by atomic mass is 16.1. The zero-order valence-electron chi connectivity index (χ0n) is 12.6. The number of pyridine rings is 1. The van der Waals surface area contributed by atoms with E-state index >= 15 is 0 Å².